The lowest BCUT2D eigenvalue weighted by molar-refractivity contribution is -0.107. The number of carbonyl (C=O) groups is 1. The molecule has 0 aliphatic carbocycles. The Hall–Kier alpha value is -0.450. The molecule has 0 aliphatic heterocycles. The molecule has 0 fully saturated rings. The van der Waals surface area contributed by atoms with Crippen molar-refractivity contribution < 1.29 is 19.4 Å². The van der Waals surface area contributed by atoms with E-state index < -0.39 is 6.10 Å². The molecule has 0 aromatic heterocycles. The summed E-state index contributed by atoms with van der Waals surface area (Å²) in [6.07, 6.45) is 15.5. The Morgan fingerprint density at radius 3 is 1.71 bits per heavy atom. The molecule has 4 heteroatoms. The van der Waals surface area contributed by atoms with E-state index in [1.54, 1.807) is 0 Å². The molecule has 1 N–H and O–H groups in total. The first-order valence-corrected chi connectivity index (χ1v) is 10.1. The first-order valence-electron chi connectivity index (χ1n) is 10.1. The van der Waals surface area contributed by atoms with Crippen LogP contribution in [0.5, 0.6) is 0 Å². The highest BCUT2D eigenvalue weighted by molar-refractivity contribution is 5.48. The van der Waals surface area contributed by atoms with Crippen LogP contribution in [0, 0.1) is 0 Å². The fourth-order valence-corrected chi connectivity index (χ4v) is 2.61. The molecule has 24 heavy (non-hydrogen) atoms. The topological polar surface area (TPSA) is 55.8 Å². The van der Waals surface area contributed by atoms with Crippen molar-refractivity contribution in [1.29, 1.82) is 0 Å². The summed E-state index contributed by atoms with van der Waals surface area (Å²) in [4.78, 5) is 10.2. The van der Waals surface area contributed by atoms with Crippen LogP contribution in [0.2, 0.25) is 0 Å². The molecule has 0 amide bonds. The lowest BCUT2D eigenvalue weighted by Crippen LogP contribution is -2.22. The van der Waals surface area contributed by atoms with Gasteiger partial charge in [0.05, 0.1) is 13.2 Å². The number of hydrogen-bond acceptors (Lipinski definition) is 4. The van der Waals surface area contributed by atoms with Gasteiger partial charge in [0.25, 0.3) is 0 Å². The summed E-state index contributed by atoms with van der Waals surface area (Å²) in [7, 11) is 0. The van der Waals surface area contributed by atoms with Gasteiger partial charge < -0.3 is 19.4 Å². The molecular formula is C20H40O4. The minimum atomic E-state index is -0.506. The molecule has 1 unspecified atom stereocenters. The van der Waals surface area contributed by atoms with Gasteiger partial charge in [0.2, 0.25) is 0 Å². The van der Waals surface area contributed by atoms with Gasteiger partial charge in [-0.2, -0.15) is 0 Å². The second kappa shape index (κ2) is 20.6. The number of unbranched alkanes of at least 4 members (excludes halogenated alkanes) is 11. The maximum atomic E-state index is 10.2. The van der Waals surface area contributed by atoms with Gasteiger partial charge in [-0.3, -0.25) is 0 Å². The highest BCUT2D eigenvalue weighted by Gasteiger charge is 2.04. The van der Waals surface area contributed by atoms with Crippen molar-refractivity contribution in [1.82, 2.24) is 0 Å². The summed E-state index contributed by atoms with van der Waals surface area (Å²) >= 11 is 0. The largest absolute Gasteiger partial charge is 0.388 e. The van der Waals surface area contributed by atoms with Gasteiger partial charge in [-0.25, -0.2) is 0 Å². The maximum Gasteiger partial charge on any atom is 0.119 e. The van der Waals surface area contributed by atoms with Crippen LogP contribution in [0.25, 0.3) is 0 Å². The Morgan fingerprint density at radius 1 is 0.750 bits per heavy atom. The minimum absolute atomic E-state index is 0.371. The van der Waals surface area contributed by atoms with Crippen molar-refractivity contribution in [3.63, 3.8) is 0 Å². The Kier molecular flexibility index (Phi) is 20.2. The molecule has 0 heterocycles. The Morgan fingerprint density at radius 2 is 1.21 bits per heavy atom. The number of carbonyl (C=O) groups excluding carboxylic acids is 1. The van der Waals surface area contributed by atoms with Gasteiger partial charge in [0.15, 0.2) is 0 Å². The average Bonchev–Trinajstić information content (AvgIpc) is 2.59. The smallest absolute Gasteiger partial charge is 0.119 e. The van der Waals surface area contributed by atoms with E-state index in [1.807, 2.05) is 0 Å². The molecule has 4 nitrogen and oxygen atoms in total. The van der Waals surface area contributed by atoms with E-state index in [2.05, 4.69) is 6.92 Å². The summed E-state index contributed by atoms with van der Waals surface area (Å²) in [5.41, 5.74) is 0. The van der Waals surface area contributed by atoms with Crippen LogP contribution >= 0.6 is 0 Å². The van der Waals surface area contributed by atoms with Crippen molar-refractivity contribution in [2.24, 2.45) is 0 Å². The fourth-order valence-electron chi connectivity index (χ4n) is 2.61. The molecule has 0 saturated carbocycles. The quantitative estimate of drug-likeness (QED) is 0.257. The molecule has 0 rings (SSSR count). The van der Waals surface area contributed by atoms with Gasteiger partial charge in [0, 0.05) is 19.6 Å². The summed E-state index contributed by atoms with van der Waals surface area (Å²) in [5, 5.41) is 9.77. The average molecular weight is 345 g/mol. The summed E-state index contributed by atoms with van der Waals surface area (Å²) in [6.45, 7) is 4.43. The van der Waals surface area contributed by atoms with Crippen LogP contribution in [0.3, 0.4) is 0 Å². The van der Waals surface area contributed by atoms with E-state index >= 15 is 0 Å². The number of aliphatic hydroxyl groups excluding tert-OH is 1. The molecule has 1 atom stereocenters. The first-order chi connectivity index (χ1) is 11.8. The van der Waals surface area contributed by atoms with Crippen molar-refractivity contribution in [3.05, 3.63) is 0 Å². The molecule has 0 bridgehead atoms. The molecule has 144 valence electrons. The summed E-state index contributed by atoms with van der Waals surface area (Å²) in [5.74, 6) is 0. The fraction of sp³-hybridized carbons (Fsp3) is 0.950. The summed E-state index contributed by atoms with van der Waals surface area (Å²) in [6, 6.07) is 0. The van der Waals surface area contributed by atoms with E-state index in [1.165, 1.54) is 44.9 Å². The van der Waals surface area contributed by atoms with E-state index in [4.69, 9.17) is 9.47 Å². The molecule has 0 aromatic carbocycles. The predicted molar refractivity (Wildman–Crippen MR) is 99.4 cm³/mol. The standard InChI is InChI=1S/C20H40O4/c1-2-3-4-5-10-13-16-23-18-20(22)19-24-17-14-11-8-6-7-9-12-15-21/h15,20,22H,2-14,16-19H2,1H3. The third-order valence-corrected chi connectivity index (χ3v) is 4.12. The van der Waals surface area contributed by atoms with Gasteiger partial charge in [-0.1, -0.05) is 64.7 Å². The van der Waals surface area contributed by atoms with E-state index in [0.29, 0.717) is 26.2 Å². The number of aldehydes is 1. The molecular weight excluding hydrogens is 304 g/mol. The zero-order valence-corrected chi connectivity index (χ0v) is 15.8. The third kappa shape index (κ3) is 19.6. The van der Waals surface area contributed by atoms with Crippen LogP contribution in [0.15, 0.2) is 0 Å². The van der Waals surface area contributed by atoms with Crippen molar-refractivity contribution in [2.45, 2.75) is 96.5 Å². The monoisotopic (exact) mass is 344 g/mol. The minimum Gasteiger partial charge on any atom is -0.388 e. The molecule has 0 aliphatic rings. The third-order valence-electron chi connectivity index (χ3n) is 4.12. The number of hydrogen-bond donors (Lipinski definition) is 1. The van der Waals surface area contributed by atoms with Crippen molar-refractivity contribution in [3.8, 4) is 0 Å². The van der Waals surface area contributed by atoms with Crippen molar-refractivity contribution in [2.75, 3.05) is 26.4 Å². The predicted octanol–water partition coefficient (Wildman–Crippen LogP) is 4.67. The Labute approximate surface area is 149 Å². The second-order valence-corrected chi connectivity index (χ2v) is 6.65. The van der Waals surface area contributed by atoms with Crippen molar-refractivity contribution >= 4 is 6.29 Å². The van der Waals surface area contributed by atoms with Crippen LogP contribution in [-0.2, 0) is 14.3 Å². The zero-order chi connectivity index (χ0) is 17.7. The first kappa shape index (κ1) is 23.5. The van der Waals surface area contributed by atoms with Gasteiger partial charge in [-0.05, 0) is 19.3 Å². The number of rotatable bonds is 20. The normalized spacial score (nSPS) is 12.4. The number of aliphatic hydroxyl groups is 1. The van der Waals surface area contributed by atoms with Crippen LogP contribution in [-0.4, -0.2) is 43.9 Å². The van der Waals surface area contributed by atoms with Gasteiger partial charge >= 0.3 is 0 Å². The Balaban J connectivity index is 3.13. The van der Waals surface area contributed by atoms with E-state index in [0.717, 1.165) is 45.0 Å². The molecule has 0 radical (unpaired) electrons. The SMILES string of the molecule is CCCCCCCCOCC(O)COCCCCCCCCC=O. The van der Waals surface area contributed by atoms with E-state index in [9.17, 15) is 9.90 Å². The zero-order valence-electron chi connectivity index (χ0n) is 15.8. The second-order valence-electron chi connectivity index (χ2n) is 6.65. The van der Waals surface area contributed by atoms with Gasteiger partial charge in [-0.15, -0.1) is 0 Å². The molecule has 0 spiro atoms. The van der Waals surface area contributed by atoms with Gasteiger partial charge in [0.1, 0.15) is 12.4 Å². The molecule has 0 saturated heterocycles. The van der Waals surface area contributed by atoms with Crippen LogP contribution in [0.1, 0.15) is 90.4 Å². The number of ether oxygens (including phenoxy) is 2. The lowest BCUT2D eigenvalue weighted by atomic mass is 10.1. The lowest BCUT2D eigenvalue weighted by Gasteiger charge is -2.12. The molecule has 0 aromatic rings. The highest BCUT2D eigenvalue weighted by atomic mass is 16.5. The van der Waals surface area contributed by atoms with Crippen LogP contribution in [0.4, 0.5) is 0 Å². The highest BCUT2D eigenvalue weighted by Crippen LogP contribution is 2.07. The van der Waals surface area contributed by atoms with Crippen LogP contribution < -0.4 is 0 Å². The summed E-state index contributed by atoms with van der Waals surface area (Å²) < 4.78 is 11.0. The van der Waals surface area contributed by atoms with E-state index in [-0.39, 0.29) is 0 Å². The maximum absolute atomic E-state index is 10.2. The Bertz CT molecular complexity index is 246.